The van der Waals surface area contributed by atoms with Gasteiger partial charge in [0, 0.05) is 24.2 Å². The van der Waals surface area contributed by atoms with E-state index in [1.54, 1.807) is 24.3 Å². The van der Waals surface area contributed by atoms with Crippen molar-refractivity contribution in [2.75, 3.05) is 34.4 Å². The first-order valence-corrected chi connectivity index (χ1v) is 12.0. The Morgan fingerprint density at radius 3 is 1.35 bits per heavy atom. The zero-order valence-electron chi connectivity index (χ0n) is 20.0. The molecule has 0 fully saturated rings. The third kappa shape index (κ3) is 7.10. The predicted molar refractivity (Wildman–Crippen MR) is 142 cm³/mol. The highest BCUT2D eigenvalue weighted by atomic mass is 16.2. The fourth-order valence-electron chi connectivity index (χ4n) is 3.47. The number of amides is 2. The van der Waals surface area contributed by atoms with Crippen LogP contribution >= 0.6 is 0 Å². The van der Waals surface area contributed by atoms with Crippen molar-refractivity contribution in [2.45, 2.75) is 39.5 Å². The molecule has 0 aliphatic heterocycles. The van der Waals surface area contributed by atoms with Crippen molar-refractivity contribution in [2.24, 2.45) is 0 Å². The van der Waals surface area contributed by atoms with Crippen LogP contribution in [0.2, 0.25) is 0 Å². The van der Waals surface area contributed by atoms with Crippen LogP contribution in [0.5, 0.6) is 0 Å². The molecule has 0 radical (unpaired) electrons. The van der Waals surface area contributed by atoms with Gasteiger partial charge in [-0.2, -0.15) is 0 Å². The van der Waals surface area contributed by atoms with Crippen molar-refractivity contribution >= 4 is 34.6 Å². The Kier molecular flexibility index (Phi) is 9.52. The topological polar surface area (TPSA) is 82.3 Å². The lowest BCUT2D eigenvalue weighted by Gasteiger charge is -2.20. The van der Waals surface area contributed by atoms with Crippen LogP contribution in [0.4, 0.5) is 22.7 Å². The van der Waals surface area contributed by atoms with Crippen LogP contribution in [0.15, 0.2) is 72.8 Å². The van der Waals surface area contributed by atoms with Crippen LogP contribution in [0.3, 0.4) is 0 Å². The molecule has 3 rings (SSSR count). The third-order valence-corrected chi connectivity index (χ3v) is 5.42. The van der Waals surface area contributed by atoms with Crippen LogP contribution in [0, 0.1) is 0 Å². The lowest BCUT2D eigenvalue weighted by molar-refractivity contribution is 0.101. The second-order valence-corrected chi connectivity index (χ2v) is 8.14. The van der Waals surface area contributed by atoms with E-state index in [-0.39, 0.29) is 11.8 Å². The van der Waals surface area contributed by atoms with Gasteiger partial charge in [-0.25, -0.2) is 0 Å². The molecule has 0 aliphatic carbocycles. The van der Waals surface area contributed by atoms with Gasteiger partial charge in [0.2, 0.25) is 0 Å². The number of benzene rings is 3. The standard InChI is InChI=1S/C28H34N4O2/c1-3-5-17-29-23-19-24(30-18-6-4-2)26(32-28(34)22-15-11-8-12-16-22)20-25(23)31-27(33)21-13-9-7-10-14-21/h7-16,19-20,29-30H,3-6,17-18H2,1-2H3,(H,31,33)(H,32,34). The van der Waals surface area contributed by atoms with Crippen molar-refractivity contribution in [3.63, 3.8) is 0 Å². The maximum atomic E-state index is 12.9. The molecule has 0 atom stereocenters. The summed E-state index contributed by atoms with van der Waals surface area (Å²) in [4.78, 5) is 25.8. The fraction of sp³-hybridized carbons (Fsp3) is 0.286. The molecule has 0 saturated heterocycles. The van der Waals surface area contributed by atoms with Crippen LogP contribution in [-0.2, 0) is 0 Å². The highest BCUT2D eigenvalue weighted by Crippen LogP contribution is 2.34. The molecule has 0 aliphatic rings. The number of rotatable bonds is 12. The summed E-state index contributed by atoms with van der Waals surface area (Å²) < 4.78 is 0. The van der Waals surface area contributed by atoms with E-state index >= 15 is 0 Å². The molecule has 3 aromatic carbocycles. The van der Waals surface area contributed by atoms with Crippen molar-refractivity contribution in [3.8, 4) is 0 Å². The lowest BCUT2D eigenvalue weighted by atomic mass is 10.1. The van der Waals surface area contributed by atoms with Crippen LogP contribution in [0.1, 0.15) is 60.2 Å². The molecule has 0 unspecified atom stereocenters. The van der Waals surface area contributed by atoms with E-state index in [0.29, 0.717) is 22.5 Å². The van der Waals surface area contributed by atoms with Gasteiger partial charge in [-0.1, -0.05) is 63.1 Å². The van der Waals surface area contributed by atoms with Gasteiger partial charge in [0.1, 0.15) is 0 Å². The minimum absolute atomic E-state index is 0.203. The van der Waals surface area contributed by atoms with E-state index in [9.17, 15) is 9.59 Å². The molecule has 3 aromatic rings. The number of anilines is 4. The smallest absolute Gasteiger partial charge is 0.255 e. The summed E-state index contributed by atoms with van der Waals surface area (Å²) >= 11 is 0. The van der Waals surface area contributed by atoms with E-state index in [1.807, 2.05) is 48.5 Å². The monoisotopic (exact) mass is 458 g/mol. The van der Waals surface area contributed by atoms with Gasteiger partial charge in [-0.3, -0.25) is 9.59 Å². The first-order valence-electron chi connectivity index (χ1n) is 12.0. The molecular weight excluding hydrogens is 424 g/mol. The number of nitrogens with one attached hydrogen (secondary N) is 4. The number of hydrogen-bond acceptors (Lipinski definition) is 4. The molecule has 2 amide bonds. The Bertz CT molecular complexity index is 986. The maximum absolute atomic E-state index is 12.9. The van der Waals surface area contributed by atoms with Gasteiger partial charge in [-0.05, 0) is 49.2 Å². The molecule has 178 valence electrons. The molecular formula is C28H34N4O2. The van der Waals surface area contributed by atoms with E-state index in [4.69, 9.17) is 0 Å². The fourth-order valence-corrected chi connectivity index (χ4v) is 3.47. The summed E-state index contributed by atoms with van der Waals surface area (Å²) in [6, 6.07) is 22.0. The number of hydrogen-bond donors (Lipinski definition) is 4. The summed E-state index contributed by atoms with van der Waals surface area (Å²) in [6.45, 7) is 5.85. The average Bonchev–Trinajstić information content (AvgIpc) is 2.87. The first-order chi connectivity index (χ1) is 16.6. The number of carbonyl (C=O) groups is 2. The summed E-state index contributed by atoms with van der Waals surface area (Å²) in [6.07, 6.45) is 4.14. The highest BCUT2D eigenvalue weighted by molar-refractivity contribution is 6.09. The largest absolute Gasteiger partial charge is 0.383 e. The van der Waals surface area contributed by atoms with E-state index in [2.05, 4.69) is 35.1 Å². The predicted octanol–water partition coefficient (Wildman–Crippen LogP) is 6.62. The van der Waals surface area contributed by atoms with E-state index < -0.39 is 0 Å². The Balaban J connectivity index is 1.95. The second-order valence-electron chi connectivity index (χ2n) is 8.14. The maximum Gasteiger partial charge on any atom is 0.255 e. The van der Waals surface area contributed by atoms with Gasteiger partial charge in [-0.15, -0.1) is 0 Å². The molecule has 4 N–H and O–H groups in total. The summed E-state index contributed by atoms with van der Waals surface area (Å²) in [5, 5.41) is 12.9. The van der Waals surface area contributed by atoms with Crippen LogP contribution < -0.4 is 21.3 Å². The molecule has 0 heterocycles. The van der Waals surface area contributed by atoms with Crippen molar-refractivity contribution in [3.05, 3.63) is 83.9 Å². The Morgan fingerprint density at radius 1 is 0.588 bits per heavy atom. The zero-order chi connectivity index (χ0) is 24.2. The van der Waals surface area contributed by atoms with Gasteiger partial charge in [0.25, 0.3) is 11.8 Å². The van der Waals surface area contributed by atoms with Gasteiger partial charge >= 0.3 is 0 Å². The van der Waals surface area contributed by atoms with Gasteiger partial charge in [0.15, 0.2) is 0 Å². The minimum atomic E-state index is -0.203. The van der Waals surface area contributed by atoms with Gasteiger partial charge in [0.05, 0.1) is 22.7 Å². The normalized spacial score (nSPS) is 10.4. The molecule has 6 nitrogen and oxygen atoms in total. The third-order valence-electron chi connectivity index (χ3n) is 5.42. The average molecular weight is 459 g/mol. The van der Waals surface area contributed by atoms with Crippen molar-refractivity contribution in [1.29, 1.82) is 0 Å². The SMILES string of the molecule is CCCCNc1cc(NCCCC)c(NC(=O)c2ccccc2)cc1NC(=O)c1ccccc1. The van der Waals surface area contributed by atoms with Crippen molar-refractivity contribution < 1.29 is 9.59 Å². The quantitative estimate of drug-likeness (QED) is 0.230. The summed E-state index contributed by atoms with van der Waals surface area (Å²) in [7, 11) is 0. The Hall–Kier alpha value is -3.80. The summed E-state index contributed by atoms with van der Waals surface area (Å²) in [5.41, 5.74) is 4.01. The molecule has 0 saturated carbocycles. The Labute approximate surface area is 202 Å². The van der Waals surface area contributed by atoms with E-state index in [1.165, 1.54) is 0 Å². The van der Waals surface area contributed by atoms with Crippen molar-refractivity contribution in [1.82, 2.24) is 0 Å². The summed E-state index contributed by atoms with van der Waals surface area (Å²) in [5.74, 6) is -0.405. The molecule has 0 bridgehead atoms. The number of carbonyl (C=O) groups excluding carboxylic acids is 2. The Morgan fingerprint density at radius 2 is 0.971 bits per heavy atom. The lowest BCUT2D eigenvalue weighted by Crippen LogP contribution is -2.17. The first kappa shape index (κ1) is 24.8. The molecule has 34 heavy (non-hydrogen) atoms. The van der Waals surface area contributed by atoms with Gasteiger partial charge < -0.3 is 21.3 Å². The zero-order valence-corrected chi connectivity index (χ0v) is 20.0. The second kappa shape index (κ2) is 13.0. The molecule has 6 heteroatoms. The minimum Gasteiger partial charge on any atom is -0.383 e. The van der Waals surface area contributed by atoms with Crippen LogP contribution in [-0.4, -0.2) is 24.9 Å². The molecule has 0 aromatic heterocycles. The van der Waals surface area contributed by atoms with E-state index in [0.717, 1.165) is 50.1 Å². The van der Waals surface area contributed by atoms with Crippen LogP contribution in [0.25, 0.3) is 0 Å². The molecule has 0 spiro atoms. The number of unbranched alkanes of at least 4 members (excludes halogenated alkanes) is 2. The highest BCUT2D eigenvalue weighted by Gasteiger charge is 2.16.